The van der Waals surface area contributed by atoms with Crippen LogP contribution in [0, 0.1) is 5.82 Å². The van der Waals surface area contributed by atoms with E-state index in [-0.39, 0.29) is 16.3 Å². The second-order valence-electron chi connectivity index (χ2n) is 5.31. The molecule has 2 rings (SSSR count). The summed E-state index contributed by atoms with van der Waals surface area (Å²) in [4.78, 5) is 11.3. The Bertz CT molecular complexity index is 898. The second kappa shape index (κ2) is 7.61. The minimum absolute atomic E-state index is 0.00826. The first-order valence-corrected chi connectivity index (χ1v) is 8.91. The number of carboxylic acids is 1. The van der Waals surface area contributed by atoms with Gasteiger partial charge in [-0.1, -0.05) is 0 Å². The molecule has 7 nitrogen and oxygen atoms in total. The molecule has 2 aromatic carbocycles. The van der Waals surface area contributed by atoms with E-state index < -0.39 is 27.9 Å². The Hall–Kier alpha value is -2.81. The summed E-state index contributed by atoms with van der Waals surface area (Å²) in [7, 11) is -1.60. The van der Waals surface area contributed by atoms with E-state index >= 15 is 0 Å². The Labute approximate surface area is 150 Å². The van der Waals surface area contributed by atoms with Gasteiger partial charge in [0, 0.05) is 6.07 Å². The average Bonchev–Trinajstić information content (AvgIpc) is 2.61. The minimum Gasteiger partial charge on any atom is -0.497 e. The van der Waals surface area contributed by atoms with Crippen molar-refractivity contribution >= 4 is 21.7 Å². The Morgan fingerprint density at radius 3 is 2.23 bits per heavy atom. The predicted octanol–water partition coefficient (Wildman–Crippen LogP) is 2.51. The van der Waals surface area contributed by atoms with Crippen LogP contribution in [0.4, 0.5) is 10.1 Å². The maximum absolute atomic E-state index is 13.2. The van der Waals surface area contributed by atoms with Crippen molar-refractivity contribution in [3.05, 3.63) is 48.3 Å². The number of halogens is 1. The number of ether oxygens (including phenoxy) is 2. The van der Waals surface area contributed by atoms with E-state index in [1.54, 1.807) is 6.07 Å². The maximum atomic E-state index is 13.2. The monoisotopic (exact) mass is 383 g/mol. The number of anilines is 1. The lowest BCUT2D eigenvalue weighted by Crippen LogP contribution is -2.43. The van der Waals surface area contributed by atoms with Gasteiger partial charge in [0.2, 0.25) is 0 Å². The number of nitrogens with zero attached hydrogens (tertiary/aromatic N) is 1. The molecule has 0 saturated carbocycles. The van der Waals surface area contributed by atoms with Crippen LogP contribution in [0.5, 0.6) is 11.5 Å². The van der Waals surface area contributed by atoms with E-state index in [1.165, 1.54) is 33.3 Å². The molecule has 0 fully saturated rings. The lowest BCUT2D eigenvalue weighted by atomic mass is 10.2. The summed E-state index contributed by atoms with van der Waals surface area (Å²) in [5, 5.41) is 9.42. The molecular weight excluding hydrogens is 365 g/mol. The molecule has 0 amide bonds. The van der Waals surface area contributed by atoms with Gasteiger partial charge in [-0.2, -0.15) is 0 Å². The number of methoxy groups -OCH3 is 2. The van der Waals surface area contributed by atoms with Crippen LogP contribution in [0.25, 0.3) is 0 Å². The molecule has 26 heavy (non-hydrogen) atoms. The topological polar surface area (TPSA) is 93.1 Å². The molecule has 0 aliphatic rings. The average molecular weight is 383 g/mol. The highest BCUT2D eigenvalue weighted by atomic mass is 32.2. The van der Waals surface area contributed by atoms with Gasteiger partial charge in [0.05, 0.1) is 24.8 Å². The van der Waals surface area contributed by atoms with Crippen LogP contribution in [0.15, 0.2) is 47.4 Å². The molecule has 0 aliphatic heterocycles. The Balaban J connectivity index is 2.72. The first kappa shape index (κ1) is 19.5. The van der Waals surface area contributed by atoms with Crippen molar-refractivity contribution in [1.29, 1.82) is 0 Å². The van der Waals surface area contributed by atoms with Crippen molar-refractivity contribution in [2.45, 2.75) is 17.9 Å². The molecule has 9 heteroatoms. The van der Waals surface area contributed by atoms with E-state index in [1.807, 2.05) is 0 Å². The van der Waals surface area contributed by atoms with Gasteiger partial charge in [0.15, 0.2) is 0 Å². The fourth-order valence-electron chi connectivity index (χ4n) is 2.34. The predicted molar refractivity (Wildman–Crippen MR) is 92.7 cm³/mol. The van der Waals surface area contributed by atoms with Crippen LogP contribution in [-0.4, -0.2) is 39.8 Å². The molecule has 2 aromatic rings. The maximum Gasteiger partial charge on any atom is 0.327 e. The zero-order valence-corrected chi connectivity index (χ0v) is 15.2. The molecule has 0 saturated heterocycles. The van der Waals surface area contributed by atoms with Crippen molar-refractivity contribution in [3.8, 4) is 11.5 Å². The molecule has 1 unspecified atom stereocenters. The van der Waals surface area contributed by atoms with E-state index in [2.05, 4.69) is 0 Å². The number of rotatable bonds is 7. The minimum atomic E-state index is -4.32. The van der Waals surface area contributed by atoms with E-state index in [9.17, 15) is 22.7 Å². The third kappa shape index (κ3) is 3.72. The number of hydrogen-bond donors (Lipinski definition) is 1. The normalized spacial score (nSPS) is 12.3. The van der Waals surface area contributed by atoms with Crippen LogP contribution in [0.3, 0.4) is 0 Å². The summed E-state index contributed by atoms with van der Waals surface area (Å²) in [6.07, 6.45) is 0. The standard InChI is InChI=1S/C17H18FNO6S/c1-11(17(20)21)19(15-10-13(24-2)6-9-16(15)25-3)26(22,23)14-7-4-12(18)5-8-14/h4-11H,1-3H3,(H,20,21). The fourth-order valence-corrected chi connectivity index (χ4v) is 3.95. The Morgan fingerprint density at radius 1 is 1.12 bits per heavy atom. The highest BCUT2D eigenvalue weighted by Crippen LogP contribution is 2.37. The largest absolute Gasteiger partial charge is 0.497 e. The summed E-state index contributed by atoms with van der Waals surface area (Å²) in [6, 6.07) is 7.04. The third-order valence-electron chi connectivity index (χ3n) is 3.70. The van der Waals surface area contributed by atoms with E-state index in [4.69, 9.17) is 9.47 Å². The number of carboxylic acid groups (broad SMARTS) is 1. The number of hydrogen-bond acceptors (Lipinski definition) is 5. The molecular formula is C17H18FNO6S. The lowest BCUT2D eigenvalue weighted by Gasteiger charge is -2.29. The molecule has 0 heterocycles. The molecule has 0 spiro atoms. The Kier molecular flexibility index (Phi) is 5.71. The van der Waals surface area contributed by atoms with Crippen LogP contribution < -0.4 is 13.8 Å². The molecule has 1 atom stereocenters. The van der Waals surface area contributed by atoms with Crippen molar-refractivity contribution < 1.29 is 32.2 Å². The third-order valence-corrected chi connectivity index (χ3v) is 5.60. The van der Waals surface area contributed by atoms with Crippen LogP contribution in [-0.2, 0) is 14.8 Å². The summed E-state index contributed by atoms with van der Waals surface area (Å²) in [5.74, 6) is -1.51. The fraction of sp³-hybridized carbons (Fsp3) is 0.235. The summed E-state index contributed by atoms with van der Waals surface area (Å²) in [5.41, 5.74) is -0.00826. The first-order chi connectivity index (χ1) is 12.2. The van der Waals surface area contributed by atoms with E-state index in [0.717, 1.165) is 24.3 Å². The van der Waals surface area contributed by atoms with Crippen LogP contribution in [0.1, 0.15) is 6.92 Å². The highest BCUT2D eigenvalue weighted by Gasteiger charge is 2.35. The van der Waals surface area contributed by atoms with Crippen LogP contribution >= 0.6 is 0 Å². The molecule has 0 radical (unpaired) electrons. The lowest BCUT2D eigenvalue weighted by molar-refractivity contribution is -0.137. The number of sulfonamides is 1. The quantitative estimate of drug-likeness (QED) is 0.790. The summed E-state index contributed by atoms with van der Waals surface area (Å²) < 4.78 is 50.4. The highest BCUT2D eigenvalue weighted by molar-refractivity contribution is 7.93. The van der Waals surface area contributed by atoms with Gasteiger partial charge in [-0.3, -0.25) is 0 Å². The van der Waals surface area contributed by atoms with Crippen molar-refractivity contribution in [1.82, 2.24) is 0 Å². The van der Waals surface area contributed by atoms with E-state index in [0.29, 0.717) is 10.1 Å². The van der Waals surface area contributed by atoms with Crippen molar-refractivity contribution in [3.63, 3.8) is 0 Å². The summed E-state index contributed by atoms with van der Waals surface area (Å²) >= 11 is 0. The molecule has 0 aromatic heterocycles. The zero-order chi connectivity index (χ0) is 19.5. The van der Waals surface area contributed by atoms with Gasteiger partial charge in [-0.15, -0.1) is 0 Å². The SMILES string of the molecule is COc1ccc(OC)c(N(C(C)C(=O)O)S(=O)(=O)c2ccc(F)cc2)c1. The smallest absolute Gasteiger partial charge is 0.327 e. The van der Waals surface area contributed by atoms with Gasteiger partial charge in [-0.25, -0.2) is 21.9 Å². The van der Waals surface area contributed by atoms with Gasteiger partial charge < -0.3 is 14.6 Å². The summed E-state index contributed by atoms with van der Waals surface area (Å²) in [6.45, 7) is 1.22. The zero-order valence-electron chi connectivity index (χ0n) is 14.3. The van der Waals surface area contributed by atoms with Gasteiger partial charge in [0.25, 0.3) is 10.0 Å². The Morgan fingerprint density at radius 2 is 1.73 bits per heavy atom. The molecule has 1 N–H and O–H groups in total. The van der Waals surface area contributed by atoms with Gasteiger partial charge >= 0.3 is 5.97 Å². The van der Waals surface area contributed by atoms with Crippen LogP contribution in [0.2, 0.25) is 0 Å². The number of carbonyl (C=O) groups is 1. The molecule has 0 aliphatic carbocycles. The van der Waals surface area contributed by atoms with Crippen molar-refractivity contribution in [2.75, 3.05) is 18.5 Å². The number of benzene rings is 2. The first-order valence-electron chi connectivity index (χ1n) is 7.47. The number of aliphatic carboxylic acids is 1. The molecule has 140 valence electrons. The second-order valence-corrected chi connectivity index (χ2v) is 7.12. The van der Waals surface area contributed by atoms with Gasteiger partial charge in [-0.05, 0) is 43.3 Å². The van der Waals surface area contributed by atoms with Gasteiger partial charge in [0.1, 0.15) is 23.4 Å². The van der Waals surface area contributed by atoms with Crippen molar-refractivity contribution in [2.24, 2.45) is 0 Å². The molecule has 0 bridgehead atoms.